The lowest BCUT2D eigenvalue weighted by Crippen LogP contribution is -2.27. The van der Waals surface area contributed by atoms with Gasteiger partial charge in [0.25, 0.3) is 0 Å². The highest BCUT2D eigenvalue weighted by Gasteiger charge is 2.32. The molecule has 0 radical (unpaired) electrons. The molecular weight excluding hydrogens is 324 g/mol. The van der Waals surface area contributed by atoms with Gasteiger partial charge in [-0.05, 0) is 32.4 Å². The molecule has 0 saturated carbocycles. The van der Waals surface area contributed by atoms with Crippen LogP contribution in [0.2, 0.25) is 0 Å². The van der Waals surface area contributed by atoms with Gasteiger partial charge in [0.2, 0.25) is 0 Å². The zero-order valence-electron chi connectivity index (χ0n) is 14.8. The maximum atomic E-state index is 12.3. The molecule has 0 saturated heterocycles. The zero-order chi connectivity index (χ0) is 18.8. The zero-order valence-corrected chi connectivity index (χ0v) is 14.8. The highest BCUT2D eigenvalue weighted by molar-refractivity contribution is 6.01. The van der Waals surface area contributed by atoms with E-state index in [1.807, 2.05) is 0 Å². The number of rotatable bonds is 6. The smallest absolute Gasteiger partial charge is 0.324 e. The second-order valence-corrected chi connectivity index (χ2v) is 5.05. The first-order valence-electron chi connectivity index (χ1n) is 8.01. The fraction of sp³-hybridized carbons (Fsp3) is 0.421. The molecule has 0 aliphatic carbocycles. The van der Waals surface area contributed by atoms with Crippen LogP contribution in [-0.2, 0) is 28.6 Å². The lowest BCUT2D eigenvalue weighted by Gasteiger charge is -2.16. The van der Waals surface area contributed by atoms with Crippen molar-refractivity contribution in [2.75, 3.05) is 13.2 Å². The summed E-state index contributed by atoms with van der Waals surface area (Å²) in [5.41, 5.74) is 0.856. The molecule has 1 rings (SSSR count). The van der Waals surface area contributed by atoms with Gasteiger partial charge < -0.3 is 14.2 Å². The van der Waals surface area contributed by atoms with Gasteiger partial charge in [0.1, 0.15) is 0 Å². The van der Waals surface area contributed by atoms with E-state index < -0.39 is 29.9 Å². The highest BCUT2D eigenvalue weighted by atomic mass is 16.6. The molecule has 0 aliphatic rings. The maximum Gasteiger partial charge on any atom is 0.324 e. The van der Waals surface area contributed by atoms with Crippen molar-refractivity contribution in [2.45, 2.75) is 39.7 Å². The average Bonchev–Trinajstić information content (AvgIpc) is 2.54. The Morgan fingerprint density at radius 2 is 1.60 bits per heavy atom. The summed E-state index contributed by atoms with van der Waals surface area (Å²) in [5.74, 6) is 2.58. The molecule has 1 atom stereocenters. The van der Waals surface area contributed by atoms with Crippen LogP contribution in [0.5, 0.6) is 0 Å². The van der Waals surface area contributed by atoms with Gasteiger partial charge >= 0.3 is 17.9 Å². The minimum absolute atomic E-state index is 0.145. The first-order chi connectivity index (χ1) is 11.9. The average molecular weight is 346 g/mol. The van der Waals surface area contributed by atoms with E-state index in [9.17, 15) is 14.4 Å². The number of esters is 3. The summed E-state index contributed by atoms with van der Waals surface area (Å²) in [5, 5.41) is 0. The number of ether oxygens (including phenoxy) is 3. The Balaban J connectivity index is 3.23. The number of hydrogen-bond acceptors (Lipinski definition) is 6. The molecule has 1 aromatic carbocycles. The van der Waals surface area contributed by atoms with Gasteiger partial charge in [-0.15, -0.1) is 0 Å². The standard InChI is InChI=1S/C19H22O6/c1-5-23-18(21)17(19(22)24-6-2)16-10-8-7-9-15(16)12-11-13(3)25-14(4)20/h7-10,13,17H,5-6H2,1-4H3. The first-order valence-corrected chi connectivity index (χ1v) is 8.01. The SMILES string of the molecule is CCOC(=O)C(C(=O)OCC)c1ccccc1C#CC(C)OC(C)=O. The molecule has 1 unspecified atom stereocenters. The molecule has 25 heavy (non-hydrogen) atoms. The maximum absolute atomic E-state index is 12.3. The Labute approximate surface area is 147 Å². The monoisotopic (exact) mass is 346 g/mol. The number of benzene rings is 1. The molecule has 0 N–H and O–H groups in total. The minimum Gasteiger partial charge on any atom is -0.465 e. The molecular formula is C19H22O6. The summed E-state index contributed by atoms with van der Waals surface area (Å²) in [6, 6.07) is 6.73. The molecule has 0 bridgehead atoms. The molecule has 0 aromatic heterocycles. The van der Waals surface area contributed by atoms with E-state index in [0.29, 0.717) is 11.1 Å². The molecule has 0 aliphatic heterocycles. The van der Waals surface area contributed by atoms with Crippen molar-refractivity contribution in [2.24, 2.45) is 0 Å². The minimum atomic E-state index is -1.21. The van der Waals surface area contributed by atoms with E-state index in [1.165, 1.54) is 6.92 Å². The van der Waals surface area contributed by atoms with Crippen molar-refractivity contribution in [1.29, 1.82) is 0 Å². The van der Waals surface area contributed by atoms with E-state index >= 15 is 0 Å². The lowest BCUT2D eigenvalue weighted by molar-refractivity contribution is -0.157. The van der Waals surface area contributed by atoms with Gasteiger partial charge in [-0.2, -0.15) is 0 Å². The molecule has 6 nitrogen and oxygen atoms in total. The second-order valence-electron chi connectivity index (χ2n) is 5.05. The van der Waals surface area contributed by atoms with E-state index in [-0.39, 0.29) is 13.2 Å². The predicted molar refractivity (Wildman–Crippen MR) is 90.6 cm³/mol. The Hall–Kier alpha value is -2.81. The van der Waals surface area contributed by atoms with E-state index in [4.69, 9.17) is 14.2 Å². The van der Waals surface area contributed by atoms with Crippen LogP contribution >= 0.6 is 0 Å². The van der Waals surface area contributed by atoms with Crippen LogP contribution in [0.1, 0.15) is 44.7 Å². The van der Waals surface area contributed by atoms with Crippen molar-refractivity contribution >= 4 is 17.9 Å². The number of carbonyl (C=O) groups excluding carboxylic acids is 3. The summed E-state index contributed by atoms with van der Waals surface area (Å²) in [7, 11) is 0. The molecule has 6 heteroatoms. The van der Waals surface area contributed by atoms with Crippen LogP contribution in [0.4, 0.5) is 0 Å². The highest BCUT2D eigenvalue weighted by Crippen LogP contribution is 2.23. The first kappa shape index (κ1) is 20.2. The second kappa shape index (κ2) is 10.1. The predicted octanol–water partition coefficient (Wildman–Crippen LogP) is 2.20. The molecule has 0 heterocycles. The van der Waals surface area contributed by atoms with Crippen LogP contribution < -0.4 is 0 Å². The summed E-state index contributed by atoms with van der Waals surface area (Å²) < 4.78 is 15.0. The van der Waals surface area contributed by atoms with E-state index in [1.54, 1.807) is 45.0 Å². The number of carbonyl (C=O) groups is 3. The van der Waals surface area contributed by atoms with Crippen molar-refractivity contribution in [3.63, 3.8) is 0 Å². The van der Waals surface area contributed by atoms with E-state index in [2.05, 4.69) is 11.8 Å². The lowest BCUT2D eigenvalue weighted by atomic mass is 9.94. The fourth-order valence-electron chi connectivity index (χ4n) is 2.12. The van der Waals surface area contributed by atoms with Gasteiger partial charge in [-0.25, -0.2) is 0 Å². The molecule has 134 valence electrons. The summed E-state index contributed by atoms with van der Waals surface area (Å²) in [6.07, 6.45) is -0.616. The van der Waals surface area contributed by atoms with Crippen molar-refractivity contribution in [3.05, 3.63) is 35.4 Å². The largest absolute Gasteiger partial charge is 0.465 e. The van der Waals surface area contributed by atoms with Crippen LogP contribution in [0, 0.1) is 11.8 Å². The molecule has 0 amide bonds. The normalized spacial score (nSPS) is 11.1. The topological polar surface area (TPSA) is 78.9 Å². The summed E-state index contributed by atoms with van der Waals surface area (Å²) in [4.78, 5) is 35.5. The quantitative estimate of drug-likeness (QED) is 0.340. The Kier molecular flexibility index (Phi) is 8.21. The molecule has 1 aromatic rings. The van der Waals surface area contributed by atoms with Gasteiger partial charge in [0.15, 0.2) is 12.0 Å². The van der Waals surface area contributed by atoms with Gasteiger partial charge in [-0.3, -0.25) is 14.4 Å². The Morgan fingerprint density at radius 3 is 2.12 bits per heavy atom. The number of hydrogen-bond donors (Lipinski definition) is 0. The molecule has 0 fully saturated rings. The summed E-state index contributed by atoms with van der Waals surface area (Å²) >= 11 is 0. The Bertz CT molecular complexity index is 665. The summed E-state index contributed by atoms with van der Waals surface area (Å²) in [6.45, 7) is 6.53. The van der Waals surface area contributed by atoms with E-state index in [0.717, 1.165) is 0 Å². The van der Waals surface area contributed by atoms with Gasteiger partial charge in [0.05, 0.1) is 13.2 Å². The van der Waals surface area contributed by atoms with Crippen molar-refractivity contribution in [3.8, 4) is 11.8 Å². The third-order valence-corrected chi connectivity index (χ3v) is 3.07. The van der Waals surface area contributed by atoms with Crippen molar-refractivity contribution < 1.29 is 28.6 Å². The Morgan fingerprint density at radius 1 is 1.04 bits per heavy atom. The third-order valence-electron chi connectivity index (χ3n) is 3.07. The van der Waals surface area contributed by atoms with Gasteiger partial charge in [-0.1, -0.05) is 30.0 Å². The van der Waals surface area contributed by atoms with Crippen LogP contribution in [0.15, 0.2) is 24.3 Å². The van der Waals surface area contributed by atoms with Crippen molar-refractivity contribution in [1.82, 2.24) is 0 Å². The van der Waals surface area contributed by atoms with Crippen LogP contribution in [0.3, 0.4) is 0 Å². The van der Waals surface area contributed by atoms with Crippen LogP contribution in [-0.4, -0.2) is 37.2 Å². The van der Waals surface area contributed by atoms with Gasteiger partial charge in [0, 0.05) is 12.5 Å². The van der Waals surface area contributed by atoms with Crippen LogP contribution in [0.25, 0.3) is 0 Å². The third kappa shape index (κ3) is 6.30. The molecule has 0 spiro atoms. The fourth-order valence-corrected chi connectivity index (χ4v) is 2.12.